The number of aromatic nitrogens is 1. The van der Waals surface area contributed by atoms with E-state index in [4.69, 9.17) is 10.00 Å². The molecule has 0 unspecified atom stereocenters. The van der Waals surface area contributed by atoms with Gasteiger partial charge in [0, 0.05) is 12.4 Å². The van der Waals surface area contributed by atoms with E-state index in [1.165, 1.54) is 6.21 Å². The van der Waals surface area contributed by atoms with Gasteiger partial charge in [-0.15, -0.1) is 0 Å². The predicted molar refractivity (Wildman–Crippen MR) is 76.6 cm³/mol. The van der Waals surface area contributed by atoms with Gasteiger partial charge in [0.05, 0.1) is 17.8 Å². The van der Waals surface area contributed by atoms with Crippen molar-refractivity contribution < 1.29 is 9.53 Å². The van der Waals surface area contributed by atoms with Crippen LogP contribution in [-0.4, -0.2) is 23.7 Å². The van der Waals surface area contributed by atoms with Crippen LogP contribution in [0.4, 0.5) is 0 Å². The van der Waals surface area contributed by atoms with Crippen molar-refractivity contribution in [2.75, 3.05) is 6.61 Å². The molecule has 0 aliphatic heterocycles. The molecule has 1 amide bonds. The lowest BCUT2D eigenvalue weighted by Crippen LogP contribution is -2.24. The van der Waals surface area contributed by atoms with Crippen LogP contribution in [0.25, 0.3) is 0 Å². The molecule has 0 saturated carbocycles. The van der Waals surface area contributed by atoms with Gasteiger partial charge in [-0.2, -0.15) is 10.4 Å². The van der Waals surface area contributed by atoms with Crippen LogP contribution in [0.1, 0.15) is 11.1 Å². The van der Waals surface area contributed by atoms with Crippen molar-refractivity contribution >= 4 is 12.1 Å². The summed E-state index contributed by atoms with van der Waals surface area (Å²) in [6.07, 6.45) is 4.79. The van der Waals surface area contributed by atoms with Crippen molar-refractivity contribution in [3.05, 3.63) is 59.9 Å². The number of nitrogens with one attached hydrogen (secondary N) is 1. The van der Waals surface area contributed by atoms with Crippen molar-refractivity contribution in [1.29, 1.82) is 5.26 Å². The molecule has 0 radical (unpaired) electrons. The molecule has 2 aromatic rings. The van der Waals surface area contributed by atoms with Gasteiger partial charge < -0.3 is 4.74 Å². The zero-order valence-electron chi connectivity index (χ0n) is 11.1. The van der Waals surface area contributed by atoms with Gasteiger partial charge in [0.15, 0.2) is 6.61 Å². The molecule has 0 aliphatic rings. The Labute approximate surface area is 121 Å². The van der Waals surface area contributed by atoms with E-state index in [1.807, 2.05) is 6.07 Å². The summed E-state index contributed by atoms with van der Waals surface area (Å²) in [5.74, 6) is 0.145. The molecule has 1 N–H and O–H groups in total. The first-order valence-corrected chi connectivity index (χ1v) is 6.13. The Morgan fingerprint density at radius 1 is 1.29 bits per heavy atom. The highest BCUT2D eigenvalue weighted by Gasteiger charge is 2.01. The number of hydrogen-bond donors (Lipinski definition) is 1. The number of nitrogens with zero attached hydrogens (tertiary/aromatic N) is 3. The molecule has 0 fully saturated rings. The maximum absolute atomic E-state index is 11.5. The molecule has 0 saturated heterocycles. The first kappa shape index (κ1) is 14.2. The van der Waals surface area contributed by atoms with Crippen LogP contribution in [0.5, 0.6) is 5.75 Å². The fraction of sp³-hybridized carbons (Fsp3) is 0.0667. The molecule has 0 aliphatic carbocycles. The summed E-state index contributed by atoms with van der Waals surface area (Å²) in [5.41, 5.74) is 3.72. The summed E-state index contributed by atoms with van der Waals surface area (Å²) < 4.78 is 5.26. The summed E-state index contributed by atoms with van der Waals surface area (Å²) in [5, 5.41) is 12.5. The van der Waals surface area contributed by atoms with E-state index in [0.29, 0.717) is 11.3 Å². The molecule has 2 rings (SSSR count). The van der Waals surface area contributed by atoms with Crippen molar-refractivity contribution in [1.82, 2.24) is 10.4 Å². The third kappa shape index (κ3) is 4.76. The van der Waals surface area contributed by atoms with Gasteiger partial charge in [-0.25, -0.2) is 5.43 Å². The number of carbonyl (C=O) groups excluding carboxylic acids is 1. The van der Waals surface area contributed by atoms with E-state index in [-0.39, 0.29) is 12.5 Å². The third-order valence-electron chi connectivity index (χ3n) is 2.46. The summed E-state index contributed by atoms with van der Waals surface area (Å²) in [7, 11) is 0. The summed E-state index contributed by atoms with van der Waals surface area (Å²) >= 11 is 0. The smallest absolute Gasteiger partial charge is 0.277 e. The van der Waals surface area contributed by atoms with Crippen LogP contribution in [0.3, 0.4) is 0 Å². The zero-order chi connectivity index (χ0) is 14.9. The molecule has 0 bridgehead atoms. The van der Waals surface area contributed by atoms with Crippen LogP contribution in [0.2, 0.25) is 0 Å². The molecule has 104 valence electrons. The molecule has 1 aromatic carbocycles. The second kappa shape index (κ2) is 7.40. The number of hydrazone groups is 1. The summed E-state index contributed by atoms with van der Waals surface area (Å²) in [4.78, 5) is 15.4. The number of amides is 1. The number of pyridine rings is 1. The molecule has 1 heterocycles. The van der Waals surface area contributed by atoms with Crippen molar-refractivity contribution in [2.45, 2.75) is 0 Å². The van der Waals surface area contributed by atoms with Gasteiger partial charge in [0.1, 0.15) is 5.75 Å². The zero-order valence-corrected chi connectivity index (χ0v) is 11.1. The topological polar surface area (TPSA) is 87.4 Å². The average molecular weight is 280 g/mol. The number of ether oxygens (including phenoxy) is 1. The molecule has 21 heavy (non-hydrogen) atoms. The number of carbonyl (C=O) groups is 1. The number of benzene rings is 1. The van der Waals surface area contributed by atoms with E-state index >= 15 is 0 Å². The van der Waals surface area contributed by atoms with Crippen LogP contribution in [0.15, 0.2) is 53.9 Å². The summed E-state index contributed by atoms with van der Waals surface area (Å²) in [6, 6.07) is 12.0. The van der Waals surface area contributed by atoms with Gasteiger partial charge >= 0.3 is 0 Å². The minimum Gasteiger partial charge on any atom is -0.484 e. The predicted octanol–water partition coefficient (Wildman–Crippen LogP) is 1.48. The van der Waals surface area contributed by atoms with Crippen LogP contribution >= 0.6 is 0 Å². The van der Waals surface area contributed by atoms with Crippen molar-refractivity contribution in [3.8, 4) is 11.8 Å². The molecule has 0 atom stereocenters. The second-order valence-electron chi connectivity index (χ2n) is 4.00. The van der Waals surface area contributed by atoms with Gasteiger partial charge in [0.25, 0.3) is 5.91 Å². The molecule has 6 nitrogen and oxygen atoms in total. The largest absolute Gasteiger partial charge is 0.484 e. The first-order chi connectivity index (χ1) is 10.3. The van der Waals surface area contributed by atoms with E-state index < -0.39 is 0 Å². The SMILES string of the molecule is N#Cc1ccc(OCC(=O)NN=Cc2ccncc2)cc1. The third-order valence-corrected chi connectivity index (χ3v) is 2.46. The van der Waals surface area contributed by atoms with E-state index in [1.54, 1.807) is 48.8 Å². The van der Waals surface area contributed by atoms with Gasteiger partial charge in [0.2, 0.25) is 0 Å². The van der Waals surface area contributed by atoms with Crippen LogP contribution < -0.4 is 10.2 Å². The highest BCUT2D eigenvalue weighted by molar-refractivity contribution is 5.82. The maximum atomic E-state index is 11.5. The summed E-state index contributed by atoms with van der Waals surface area (Å²) in [6.45, 7) is -0.153. The van der Waals surface area contributed by atoms with E-state index in [2.05, 4.69) is 15.5 Å². The fourth-order valence-electron chi connectivity index (χ4n) is 1.44. The normalized spacial score (nSPS) is 10.0. The molecule has 0 spiro atoms. The van der Waals surface area contributed by atoms with Crippen molar-refractivity contribution in [2.24, 2.45) is 5.10 Å². The Morgan fingerprint density at radius 3 is 2.67 bits per heavy atom. The second-order valence-corrected chi connectivity index (χ2v) is 4.00. The highest BCUT2D eigenvalue weighted by Crippen LogP contribution is 2.11. The quantitative estimate of drug-likeness (QED) is 0.664. The van der Waals surface area contributed by atoms with Gasteiger partial charge in [-0.05, 0) is 42.0 Å². The monoisotopic (exact) mass is 280 g/mol. The lowest BCUT2D eigenvalue weighted by molar-refractivity contribution is -0.123. The van der Waals surface area contributed by atoms with Crippen molar-refractivity contribution in [3.63, 3.8) is 0 Å². The molecule has 6 heteroatoms. The Kier molecular flexibility index (Phi) is 5.01. The standard InChI is InChI=1S/C15H12N4O2/c16-9-12-1-3-14(4-2-12)21-11-15(20)19-18-10-13-5-7-17-8-6-13/h1-8,10H,11H2,(H,19,20). The molecule has 1 aromatic heterocycles. The van der Waals surface area contributed by atoms with Crippen LogP contribution in [0, 0.1) is 11.3 Å². The maximum Gasteiger partial charge on any atom is 0.277 e. The van der Waals surface area contributed by atoms with Gasteiger partial charge in [-0.1, -0.05) is 0 Å². The fourth-order valence-corrected chi connectivity index (χ4v) is 1.44. The lowest BCUT2D eigenvalue weighted by Gasteiger charge is -2.04. The van der Waals surface area contributed by atoms with Gasteiger partial charge in [-0.3, -0.25) is 9.78 Å². The Bertz CT molecular complexity index is 660. The Hall–Kier alpha value is -3.20. The number of hydrogen-bond acceptors (Lipinski definition) is 5. The first-order valence-electron chi connectivity index (χ1n) is 6.13. The molecular formula is C15H12N4O2. The Balaban J connectivity index is 1.77. The lowest BCUT2D eigenvalue weighted by atomic mass is 10.2. The Morgan fingerprint density at radius 2 is 2.00 bits per heavy atom. The highest BCUT2D eigenvalue weighted by atomic mass is 16.5. The molecular weight excluding hydrogens is 268 g/mol. The average Bonchev–Trinajstić information content (AvgIpc) is 2.54. The number of rotatable bonds is 5. The van der Waals surface area contributed by atoms with E-state index in [9.17, 15) is 4.79 Å². The minimum absolute atomic E-state index is 0.153. The van der Waals surface area contributed by atoms with E-state index in [0.717, 1.165) is 5.56 Å². The van der Waals surface area contributed by atoms with Crippen LogP contribution in [-0.2, 0) is 4.79 Å². The minimum atomic E-state index is -0.371. The number of nitriles is 1.